The molecule has 0 aliphatic carbocycles. The van der Waals surface area contributed by atoms with Gasteiger partial charge in [-0.3, -0.25) is 9.36 Å². The molecule has 0 N–H and O–H groups in total. The minimum atomic E-state index is -0.200. The van der Waals surface area contributed by atoms with Crippen LogP contribution in [0.15, 0.2) is 65.5 Å². The zero-order valence-corrected chi connectivity index (χ0v) is 18.6. The molecule has 4 aromatic rings. The van der Waals surface area contributed by atoms with Gasteiger partial charge in [0.05, 0.1) is 42.9 Å². The van der Waals surface area contributed by atoms with Crippen LogP contribution >= 0.6 is 11.6 Å². The largest absolute Gasteiger partial charge is 0.495 e. The molecule has 0 fully saturated rings. The number of hydrogen-bond acceptors (Lipinski definition) is 5. The summed E-state index contributed by atoms with van der Waals surface area (Å²) >= 11 is 6.34. The Morgan fingerprint density at radius 3 is 2.38 bits per heavy atom. The van der Waals surface area contributed by atoms with Crippen LogP contribution in [0, 0.1) is 0 Å². The van der Waals surface area contributed by atoms with Crippen molar-refractivity contribution in [1.29, 1.82) is 0 Å². The topological polar surface area (TPSA) is 62.6 Å². The molecule has 3 aromatic carbocycles. The second kappa shape index (κ2) is 9.16. The molecule has 6 nitrogen and oxygen atoms in total. The highest BCUT2D eigenvalue weighted by molar-refractivity contribution is 6.32. The highest BCUT2D eigenvalue weighted by Crippen LogP contribution is 2.32. The predicted octanol–water partition coefficient (Wildman–Crippen LogP) is 5.24. The Labute approximate surface area is 190 Å². The highest BCUT2D eigenvalue weighted by atomic mass is 35.5. The van der Waals surface area contributed by atoms with E-state index in [1.807, 2.05) is 42.5 Å². The Morgan fingerprint density at radius 2 is 1.66 bits per heavy atom. The highest BCUT2D eigenvalue weighted by Gasteiger charge is 2.13. The lowest BCUT2D eigenvalue weighted by molar-refractivity contribution is 0.354. The number of halogens is 1. The van der Waals surface area contributed by atoms with Crippen LogP contribution in [0.5, 0.6) is 17.2 Å². The molecule has 0 spiro atoms. The number of para-hydroxylation sites is 2. The van der Waals surface area contributed by atoms with Gasteiger partial charge in [-0.15, -0.1) is 0 Å². The summed E-state index contributed by atoms with van der Waals surface area (Å²) < 4.78 is 17.7. The van der Waals surface area contributed by atoms with E-state index in [1.165, 1.54) is 4.57 Å². The van der Waals surface area contributed by atoms with E-state index in [0.717, 1.165) is 5.56 Å². The van der Waals surface area contributed by atoms with E-state index >= 15 is 0 Å². The number of ether oxygens (including phenoxy) is 3. The average Bonchev–Trinajstić information content (AvgIpc) is 2.82. The number of rotatable bonds is 6. The molecule has 0 radical (unpaired) electrons. The number of benzene rings is 3. The normalized spacial score (nSPS) is 11.1. The molecule has 0 bridgehead atoms. The van der Waals surface area contributed by atoms with Crippen molar-refractivity contribution in [2.45, 2.75) is 0 Å². The minimum Gasteiger partial charge on any atom is -0.495 e. The molecular weight excluding hydrogens is 428 g/mol. The Bertz CT molecular complexity index is 1380. The number of aromatic nitrogens is 2. The van der Waals surface area contributed by atoms with Crippen LogP contribution in [0.4, 0.5) is 0 Å². The van der Waals surface area contributed by atoms with Crippen molar-refractivity contribution in [3.63, 3.8) is 0 Å². The summed E-state index contributed by atoms with van der Waals surface area (Å²) in [6.07, 6.45) is 3.60. The van der Waals surface area contributed by atoms with Crippen LogP contribution in [0.3, 0.4) is 0 Å². The first-order valence-electron chi connectivity index (χ1n) is 9.82. The number of hydrogen-bond donors (Lipinski definition) is 0. The lowest BCUT2D eigenvalue weighted by Crippen LogP contribution is -2.22. The fourth-order valence-corrected chi connectivity index (χ4v) is 3.77. The lowest BCUT2D eigenvalue weighted by atomic mass is 10.1. The van der Waals surface area contributed by atoms with Gasteiger partial charge in [0.25, 0.3) is 5.56 Å². The van der Waals surface area contributed by atoms with E-state index in [1.54, 1.807) is 51.7 Å². The summed E-state index contributed by atoms with van der Waals surface area (Å²) in [6, 6.07) is 18.0. The van der Waals surface area contributed by atoms with E-state index in [9.17, 15) is 4.79 Å². The first kappa shape index (κ1) is 21.5. The van der Waals surface area contributed by atoms with Gasteiger partial charge < -0.3 is 14.2 Å². The van der Waals surface area contributed by atoms with E-state index in [4.69, 9.17) is 30.8 Å². The van der Waals surface area contributed by atoms with Crippen molar-refractivity contribution in [2.75, 3.05) is 21.3 Å². The van der Waals surface area contributed by atoms with Crippen molar-refractivity contribution < 1.29 is 14.2 Å². The maximum absolute atomic E-state index is 13.4. The van der Waals surface area contributed by atoms with Crippen LogP contribution < -0.4 is 19.8 Å². The molecule has 32 heavy (non-hydrogen) atoms. The maximum Gasteiger partial charge on any atom is 0.266 e. The Balaban J connectivity index is 1.93. The third-order valence-corrected chi connectivity index (χ3v) is 5.34. The van der Waals surface area contributed by atoms with Crippen molar-refractivity contribution in [3.8, 4) is 22.9 Å². The summed E-state index contributed by atoms with van der Waals surface area (Å²) in [5.41, 5.74) is 1.77. The average molecular weight is 449 g/mol. The van der Waals surface area contributed by atoms with Gasteiger partial charge in [-0.2, -0.15) is 0 Å². The van der Waals surface area contributed by atoms with E-state index in [2.05, 4.69) is 0 Å². The Kier molecular flexibility index (Phi) is 6.14. The summed E-state index contributed by atoms with van der Waals surface area (Å²) in [5.74, 6) is 2.17. The van der Waals surface area contributed by atoms with E-state index in [0.29, 0.717) is 44.7 Å². The molecule has 0 amide bonds. The van der Waals surface area contributed by atoms with Gasteiger partial charge in [0.2, 0.25) is 0 Å². The van der Waals surface area contributed by atoms with Crippen LogP contribution in [-0.2, 0) is 0 Å². The van der Waals surface area contributed by atoms with Crippen molar-refractivity contribution in [1.82, 2.24) is 9.55 Å². The van der Waals surface area contributed by atoms with Gasteiger partial charge in [-0.05, 0) is 48.6 Å². The van der Waals surface area contributed by atoms with Gasteiger partial charge in [-0.25, -0.2) is 4.98 Å². The van der Waals surface area contributed by atoms with E-state index in [-0.39, 0.29) is 5.56 Å². The molecule has 0 unspecified atom stereocenters. The SMILES string of the molecule is COc1ccc(-n2c(/C=C/c3cccc(OC)c3OC)nc3ccccc3c2=O)cc1Cl. The molecule has 0 aliphatic heterocycles. The lowest BCUT2D eigenvalue weighted by Gasteiger charge is -2.13. The van der Waals surface area contributed by atoms with Crippen LogP contribution in [0.1, 0.15) is 11.4 Å². The predicted molar refractivity (Wildman–Crippen MR) is 127 cm³/mol. The van der Waals surface area contributed by atoms with Gasteiger partial charge in [0, 0.05) is 5.56 Å². The Hall–Kier alpha value is -3.77. The summed E-state index contributed by atoms with van der Waals surface area (Å²) in [5, 5.41) is 0.907. The van der Waals surface area contributed by atoms with Crippen LogP contribution in [0.2, 0.25) is 5.02 Å². The third kappa shape index (κ3) is 3.92. The fourth-order valence-electron chi connectivity index (χ4n) is 3.51. The summed E-state index contributed by atoms with van der Waals surface area (Å²) in [7, 11) is 4.71. The zero-order valence-electron chi connectivity index (χ0n) is 17.8. The van der Waals surface area contributed by atoms with Gasteiger partial charge in [-0.1, -0.05) is 35.9 Å². The molecule has 162 valence electrons. The first-order valence-corrected chi connectivity index (χ1v) is 10.2. The van der Waals surface area contributed by atoms with Crippen LogP contribution in [-0.4, -0.2) is 30.9 Å². The van der Waals surface area contributed by atoms with E-state index < -0.39 is 0 Å². The Morgan fingerprint density at radius 1 is 0.875 bits per heavy atom. The second-order valence-corrected chi connectivity index (χ2v) is 7.27. The zero-order chi connectivity index (χ0) is 22.7. The molecule has 0 atom stereocenters. The van der Waals surface area contributed by atoms with Crippen molar-refractivity contribution in [3.05, 3.63) is 87.4 Å². The van der Waals surface area contributed by atoms with Crippen molar-refractivity contribution in [2.24, 2.45) is 0 Å². The molecule has 7 heteroatoms. The summed E-state index contributed by atoms with van der Waals surface area (Å²) in [6.45, 7) is 0. The third-order valence-electron chi connectivity index (χ3n) is 5.04. The summed E-state index contributed by atoms with van der Waals surface area (Å²) in [4.78, 5) is 18.1. The molecule has 0 aliphatic rings. The quantitative estimate of drug-likeness (QED) is 0.404. The number of nitrogens with zero attached hydrogens (tertiary/aromatic N) is 2. The molecule has 1 aromatic heterocycles. The second-order valence-electron chi connectivity index (χ2n) is 6.86. The molecule has 4 rings (SSSR count). The van der Waals surface area contributed by atoms with Gasteiger partial charge in [0.1, 0.15) is 11.6 Å². The smallest absolute Gasteiger partial charge is 0.266 e. The first-order chi connectivity index (χ1) is 15.6. The van der Waals surface area contributed by atoms with Crippen LogP contribution in [0.25, 0.3) is 28.7 Å². The molecular formula is C25H21ClN2O4. The molecule has 1 heterocycles. The molecule has 0 saturated carbocycles. The fraction of sp³-hybridized carbons (Fsp3) is 0.120. The monoisotopic (exact) mass is 448 g/mol. The number of methoxy groups -OCH3 is 3. The van der Waals surface area contributed by atoms with Crippen molar-refractivity contribution >= 4 is 34.7 Å². The van der Waals surface area contributed by atoms with Gasteiger partial charge >= 0.3 is 0 Å². The number of fused-ring (bicyclic) bond motifs is 1. The maximum atomic E-state index is 13.4. The minimum absolute atomic E-state index is 0.200. The standard InChI is InChI=1S/C25H21ClN2O4/c1-30-21-13-12-17(15-19(21)26)28-23(27-20-9-5-4-8-18(20)25(28)29)14-11-16-7-6-10-22(31-2)24(16)32-3/h4-15H,1-3H3/b14-11+. The van der Waals surface area contributed by atoms with Gasteiger partial charge in [0.15, 0.2) is 11.5 Å². The molecule has 0 saturated heterocycles.